The first-order valence-electron chi connectivity index (χ1n) is 10.3. The molecule has 4 rings (SSSR count). The second-order valence-corrected chi connectivity index (χ2v) is 8.28. The Morgan fingerprint density at radius 1 is 1.19 bits per heavy atom. The van der Waals surface area contributed by atoms with Crippen molar-refractivity contribution in [2.45, 2.75) is 31.7 Å². The van der Waals surface area contributed by atoms with E-state index in [2.05, 4.69) is 10.4 Å². The van der Waals surface area contributed by atoms with E-state index in [0.29, 0.717) is 31.2 Å². The number of nitrogens with one attached hydrogen (secondary N) is 1. The third-order valence-corrected chi connectivity index (χ3v) is 6.05. The molecule has 2 aromatic rings. The van der Waals surface area contributed by atoms with Gasteiger partial charge in [0.15, 0.2) is 0 Å². The minimum Gasteiger partial charge on any atom is -0.382 e. The zero-order valence-corrected chi connectivity index (χ0v) is 17.6. The predicted octanol–water partition coefficient (Wildman–Crippen LogP) is 3.38. The number of ether oxygens (including phenoxy) is 1. The molecule has 0 spiro atoms. The smallest absolute Gasteiger partial charge is 0.287 e. The van der Waals surface area contributed by atoms with Gasteiger partial charge in [0, 0.05) is 37.9 Å². The molecule has 7 nitrogen and oxygen atoms in total. The highest BCUT2D eigenvalue weighted by atomic mass is 35.5. The standard InChI is InChI=1S/C21H23ClF2N4O3/c22-20-18(25-10-13-2-1-5-31-12-13)11-26-28(21(20)30)16-3-4-27(19(29)9-16)17-7-14(23)6-15(24)8-17/h6-8,11,13,16,25H,1-5,9-10,12H2. The molecule has 1 aromatic heterocycles. The van der Waals surface area contributed by atoms with Crippen molar-refractivity contribution in [3.05, 3.63) is 51.4 Å². The molecule has 0 aliphatic carbocycles. The molecule has 10 heteroatoms. The van der Waals surface area contributed by atoms with E-state index in [1.165, 1.54) is 15.8 Å². The second-order valence-electron chi connectivity index (χ2n) is 7.91. The number of benzene rings is 1. The summed E-state index contributed by atoms with van der Waals surface area (Å²) in [5.41, 5.74) is 0.132. The average Bonchev–Trinajstić information content (AvgIpc) is 2.75. The molecule has 31 heavy (non-hydrogen) atoms. The fourth-order valence-electron chi connectivity index (χ4n) is 4.04. The third-order valence-electron chi connectivity index (χ3n) is 5.68. The van der Waals surface area contributed by atoms with Gasteiger partial charge in [-0.15, -0.1) is 0 Å². The minimum atomic E-state index is -0.752. The molecule has 0 bridgehead atoms. The van der Waals surface area contributed by atoms with Crippen LogP contribution in [0.3, 0.4) is 0 Å². The van der Waals surface area contributed by atoms with Crippen LogP contribution >= 0.6 is 11.6 Å². The van der Waals surface area contributed by atoms with Crippen LogP contribution in [0.15, 0.2) is 29.2 Å². The summed E-state index contributed by atoms with van der Waals surface area (Å²) in [5.74, 6) is -1.50. The topological polar surface area (TPSA) is 76.5 Å². The highest BCUT2D eigenvalue weighted by molar-refractivity contribution is 6.32. The molecule has 1 amide bonds. The van der Waals surface area contributed by atoms with Crippen molar-refractivity contribution < 1.29 is 18.3 Å². The van der Waals surface area contributed by atoms with Crippen LogP contribution in [-0.2, 0) is 9.53 Å². The largest absolute Gasteiger partial charge is 0.382 e. The third kappa shape index (κ3) is 4.88. The number of aromatic nitrogens is 2. The average molecular weight is 453 g/mol. The van der Waals surface area contributed by atoms with E-state index >= 15 is 0 Å². The van der Waals surface area contributed by atoms with Crippen LogP contribution in [0.25, 0.3) is 0 Å². The Bertz CT molecular complexity index is 1010. The zero-order valence-electron chi connectivity index (χ0n) is 16.8. The molecule has 0 saturated carbocycles. The van der Waals surface area contributed by atoms with Gasteiger partial charge >= 0.3 is 0 Å². The summed E-state index contributed by atoms with van der Waals surface area (Å²) in [5, 5.41) is 7.41. The van der Waals surface area contributed by atoms with Crippen LogP contribution in [0, 0.1) is 17.6 Å². The molecule has 2 aliphatic rings. The summed E-state index contributed by atoms with van der Waals surface area (Å²) in [6, 6.07) is 2.50. The van der Waals surface area contributed by atoms with Crippen LogP contribution in [0.2, 0.25) is 5.02 Å². The van der Waals surface area contributed by atoms with Crippen molar-refractivity contribution in [3.63, 3.8) is 0 Å². The normalized spacial score (nSPS) is 21.9. The molecule has 2 fully saturated rings. The van der Waals surface area contributed by atoms with Crippen molar-refractivity contribution in [2.24, 2.45) is 5.92 Å². The number of rotatable bonds is 5. The van der Waals surface area contributed by atoms with Gasteiger partial charge in [0.05, 0.1) is 24.5 Å². The summed E-state index contributed by atoms with van der Waals surface area (Å²) in [7, 11) is 0. The van der Waals surface area contributed by atoms with Gasteiger partial charge < -0.3 is 15.0 Å². The minimum absolute atomic E-state index is 0.0203. The van der Waals surface area contributed by atoms with Gasteiger partial charge in [0.25, 0.3) is 5.56 Å². The Kier molecular flexibility index (Phi) is 6.52. The second kappa shape index (κ2) is 9.32. The number of piperidine rings is 1. The lowest BCUT2D eigenvalue weighted by Gasteiger charge is -2.32. The van der Waals surface area contributed by atoms with E-state index in [1.807, 2.05) is 0 Å². The Hall–Kier alpha value is -2.52. The maximum absolute atomic E-state index is 13.5. The van der Waals surface area contributed by atoms with Crippen molar-refractivity contribution in [2.75, 3.05) is 36.5 Å². The number of amides is 1. The van der Waals surface area contributed by atoms with Gasteiger partial charge in [0.2, 0.25) is 5.91 Å². The maximum atomic E-state index is 13.5. The van der Waals surface area contributed by atoms with Crippen molar-refractivity contribution in [1.29, 1.82) is 0 Å². The molecule has 1 N–H and O–H groups in total. The number of hydrogen-bond donors (Lipinski definition) is 1. The van der Waals surface area contributed by atoms with Gasteiger partial charge in [-0.3, -0.25) is 9.59 Å². The molecule has 2 saturated heterocycles. The number of carbonyl (C=O) groups is 1. The maximum Gasteiger partial charge on any atom is 0.287 e. The van der Waals surface area contributed by atoms with Gasteiger partial charge in [-0.05, 0) is 37.3 Å². The number of halogens is 3. The highest BCUT2D eigenvalue weighted by Crippen LogP contribution is 2.28. The van der Waals surface area contributed by atoms with E-state index in [0.717, 1.165) is 37.6 Å². The molecule has 2 aliphatic heterocycles. The van der Waals surface area contributed by atoms with Crippen LogP contribution in [0.4, 0.5) is 20.2 Å². The summed E-state index contributed by atoms with van der Waals surface area (Å²) in [6.45, 7) is 2.29. The van der Waals surface area contributed by atoms with Gasteiger partial charge in [-0.1, -0.05) is 11.6 Å². The molecule has 0 radical (unpaired) electrons. The van der Waals surface area contributed by atoms with E-state index in [9.17, 15) is 18.4 Å². The Balaban J connectivity index is 1.44. The lowest BCUT2D eigenvalue weighted by atomic mass is 10.0. The van der Waals surface area contributed by atoms with E-state index in [1.54, 1.807) is 0 Å². The zero-order chi connectivity index (χ0) is 22.0. The van der Waals surface area contributed by atoms with Crippen LogP contribution in [0.1, 0.15) is 31.7 Å². The molecular formula is C21H23ClF2N4O3. The first-order chi connectivity index (χ1) is 14.9. The Labute approximate surface area is 182 Å². The number of carbonyl (C=O) groups excluding carboxylic acids is 1. The van der Waals surface area contributed by atoms with Crippen molar-refractivity contribution in [1.82, 2.24) is 9.78 Å². The van der Waals surface area contributed by atoms with Gasteiger partial charge in [-0.25, -0.2) is 13.5 Å². The fourth-order valence-corrected chi connectivity index (χ4v) is 4.25. The number of anilines is 2. The molecular weight excluding hydrogens is 430 g/mol. The first-order valence-corrected chi connectivity index (χ1v) is 10.7. The molecule has 166 valence electrons. The van der Waals surface area contributed by atoms with Crippen LogP contribution in [0.5, 0.6) is 0 Å². The van der Waals surface area contributed by atoms with Crippen molar-refractivity contribution >= 4 is 28.9 Å². The van der Waals surface area contributed by atoms with E-state index in [4.69, 9.17) is 16.3 Å². The lowest BCUT2D eigenvalue weighted by molar-refractivity contribution is -0.120. The van der Waals surface area contributed by atoms with Gasteiger partial charge in [-0.2, -0.15) is 5.10 Å². The van der Waals surface area contributed by atoms with E-state index in [-0.39, 0.29) is 29.6 Å². The number of nitrogens with zero attached hydrogens (tertiary/aromatic N) is 3. The fraction of sp³-hybridized carbons (Fsp3) is 0.476. The molecule has 3 heterocycles. The SMILES string of the molecule is O=C1CC(n2ncc(NCC3CCCOC3)c(Cl)c2=O)CCN1c1cc(F)cc(F)c1. The van der Waals surface area contributed by atoms with Crippen LogP contribution < -0.4 is 15.8 Å². The lowest BCUT2D eigenvalue weighted by Crippen LogP contribution is -2.42. The molecule has 1 aromatic carbocycles. The molecule has 2 atom stereocenters. The summed E-state index contributed by atoms with van der Waals surface area (Å²) in [4.78, 5) is 26.7. The Morgan fingerprint density at radius 3 is 2.65 bits per heavy atom. The predicted molar refractivity (Wildman–Crippen MR) is 113 cm³/mol. The summed E-state index contributed by atoms with van der Waals surface area (Å²) < 4.78 is 33.7. The first kappa shape index (κ1) is 21.7. The highest BCUT2D eigenvalue weighted by Gasteiger charge is 2.30. The summed E-state index contributed by atoms with van der Waals surface area (Å²) >= 11 is 6.29. The summed E-state index contributed by atoms with van der Waals surface area (Å²) in [6.07, 6.45) is 3.93. The quantitative estimate of drug-likeness (QED) is 0.752. The monoisotopic (exact) mass is 452 g/mol. The number of hydrogen-bond acceptors (Lipinski definition) is 5. The molecule has 2 unspecified atom stereocenters. The van der Waals surface area contributed by atoms with Crippen LogP contribution in [-0.4, -0.2) is 42.0 Å². The van der Waals surface area contributed by atoms with Gasteiger partial charge in [0.1, 0.15) is 16.7 Å². The Morgan fingerprint density at radius 2 is 1.97 bits per heavy atom. The van der Waals surface area contributed by atoms with Crippen molar-refractivity contribution in [3.8, 4) is 0 Å². The van der Waals surface area contributed by atoms with E-state index < -0.39 is 23.2 Å².